The summed E-state index contributed by atoms with van der Waals surface area (Å²) in [6.45, 7) is 6.18. The fourth-order valence-corrected chi connectivity index (χ4v) is 2.19. The van der Waals surface area contributed by atoms with Crippen LogP contribution in [0.2, 0.25) is 5.02 Å². The SMILES string of the molecule is CCC(C)CC(C)NC(=O)Nc1ccc(Cl)c(C(=O)O)c1. The van der Waals surface area contributed by atoms with Gasteiger partial charge in [0.25, 0.3) is 0 Å². The van der Waals surface area contributed by atoms with Crippen LogP contribution in [-0.4, -0.2) is 23.1 Å². The number of carboxylic acid groups (broad SMARTS) is 1. The lowest BCUT2D eigenvalue weighted by Crippen LogP contribution is -2.37. The number of nitrogens with one attached hydrogen (secondary N) is 2. The topological polar surface area (TPSA) is 78.4 Å². The van der Waals surface area contributed by atoms with Crippen LogP contribution in [0.1, 0.15) is 44.0 Å². The van der Waals surface area contributed by atoms with Crippen LogP contribution in [0.15, 0.2) is 18.2 Å². The molecule has 0 spiro atoms. The molecule has 2 amide bonds. The second-order valence-corrected chi connectivity index (χ2v) is 5.66. The first-order valence-electron chi connectivity index (χ1n) is 6.93. The second kappa shape index (κ2) is 7.88. The number of aromatic carboxylic acids is 1. The molecule has 5 nitrogen and oxygen atoms in total. The molecule has 0 aliphatic heterocycles. The molecule has 1 aromatic rings. The van der Waals surface area contributed by atoms with Gasteiger partial charge in [0, 0.05) is 11.7 Å². The molecule has 0 saturated carbocycles. The predicted octanol–water partition coefficient (Wildman–Crippen LogP) is 3.98. The normalized spacial score (nSPS) is 13.3. The van der Waals surface area contributed by atoms with Crippen molar-refractivity contribution in [1.29, 1.82) is 0 Å². The van der Waals surface area contributed by atoms with Gasteiger partial charge in [0.05, 0.1) is 10.6 Å². The number of carbonyl (C=O) groups is 2. The van der Waals surface area contributed by atoms with Crippen molar-refractivity contribution in [2.24, 2.45) is 5.92 Å². The Kier molecular flexibility index (Phi) is 6.49. The monoisotopic (exact) mass is 312 g/mol. The highest BCUT2D eigenvalue weighted by Crippen LogP contribution is 2.20. The summed E-state index contributed by atoms with van der Waals surface area (Å²) in [5, 5.41) is 14.6. The van der Waals surface area contributed by atoms with E-state index in [1.165, 1.54) is 12.1 Å². The first-order chi connectivity index (χ1) is 9.83. The third kappa shape index (κ3) is 5.63. The smallest absolute Gasteiger partial charge is 0.337 e. The average Bonchev–Trinajstić information content (AvgIpc) is 2.40. The van der Waals surface area contributed by atoms with E-state index in [1.54, 1.807) is 6.07 Å². The Hall–Kier alpha value is -1.75. The maximum atomic E-state index is 11.9. The molecule has 0 heterocycles. The number of urea groups is 1. The van der Waals surface area contributed by atoms with Gasteiger partial charge in [0.1, 0.15) is 0 Å². The van der Waals surface area contributed by atoms with Crippen molar-refractivity contribution in [2.75, 3.05) is 5.32 Å². The molecule has 21 heavy (non-hydrogen) atoms. The Balaban J connectivity index is 2.63. The Morgan fingerprint density at radius 2 is 2.00 bits per heavy atom. The molecule has 6 heteroatoms. The molecule has 3 N–H and O–H groups in total. The fraction of sp³-hybridized carbons (Fsp3) is 0.467. The molecular formula is C15H21ClN2O3. The number of amides is 2. The largest absolute Gasteiger partial charge is 0.478 e. The van der Waals surface area contributed by atoms with Gasteiger partial charge in [0.2, 0.25) is 0 Å². The molecule has 2 unspecified atom stereocenters. The quantitative estimate of drug-likeness (QED) is 0.743. The second-order valence-electron chi connectivity index (χ2n) is 5.25. The van der Waals surface area contributed by atoms with Crippen LogP contribution in [0.5, 0.6) is 0 Å². The number of rotatable bonds is 6. The lowest BCUT2D eigenvalue weighted by atomic mass is 10.0. The minimum atomic E-state index is -1.13. The van der Waals surface area contributed by atoms with Crippen molar-refractivity contribution in [3.8, 4) is 0 Å². The van der Waals surface area contributed by atoms with Crippen LogP contribution < -0.4 is 10.6 Å². The Morgan fingerprint density at radius 3 is 2.57 bits per heavy atom. The zero-order valence-electron chi connectivity index (χ0n) is 12.4. The van der Waals surface area contributed by atoms with Crippen LogP contribution in [0, 0.1) is 5.92 Å². The zero-order valence-corrected chi connectivity index (χ0v) is 13.2. The van der Waals surface area contributed by atoms with Gasteiger partial charge in [0.15, 0.2) is 0 Å². The van der Waals surface area contributed by atoms with E-state index in [4.69, 9.17) is 16.7 Å². The molecule has 0 radical (unpaired) electrons. The number of benzene rings is 1. The maximum absolute atomic E-state index is 11.9. The molecule has 1 aromatic carbocycles. The lowest BCUT2D eigenvalue weighted by molar-refractivity contribution is 0.0697. The molecule has 0 fully saturated rings. The van der Waals surface area contributed by atoms with Gasteiger partial charge in [-0.15, -0.1) is 0 Å². The summed E-state index contributed by atoms with van der Waals surface area (Å²) in [6, 6.07) is 4.04. The first-order valence-corrected chi connectivity index (χ1v) is 7.31. The summed E-state index contributed by atoms with van der Waals surface area (Å²) in [7, 11) is 0. The lowest BCUT2D eigenvalue weighted by Gasteiger charge is -2.18. The number of hydrogen-bond donors (Lipinski definition) is 3. The third-order valence-corrected chi connectivity index (χ3v) is 3.61. The average molecular weight is 313 g/mol. The van der Waals surface area contributed by atoms with Crippen molar-refractivity contribution in [1.82, 2.24) is 5.32 Å². The van der Waals surface area contributed by atoms with Gasteiger partial charge in [-0.05, 0) is 37.5 Å². The molecule has 0 aliphatic carbocycles. The first kappa shape index (κ1) is 17.3. The summed E-state index contributed by atoms with van der Waals surface area (Å²) in [6.07, 6.45) is 1.96. The molecular weight excluding hydrogens is 292 g/mol. The molecule has 116 valence electrons. The van der Waals surface area contributed by atoms with E-state index >= 15 is 0 Å². The standard InChI is InChI=1S/C15H21ClN2O3/c1-4-9(2)7-10(3)17-15(21)18-11-5-6-13(16)12(8-11)14(19)20/h5-6,8-10H,4,7H2,1-3H3,(H,19,20)(H2,17,18,21). The summed E-state index contributed by atoms with van der Waals surface area (Å²) in [5.41, 5.74) is 0.354. The van der Waals surface area contributed by atoms with E-state index in [0.717, 1.165) is 12.8 Å². The van der Waals surface area contributed by atoms with Crippen molar-refractivity contribution < 1.29 is 14.7 Å². The fourth-order valence-electron chi connectivity index (χ4n) is 1.99. The van der Waals surface area contributed by atoms with Gasteiger partial charge >= 0.3 is 12.0 Å². The molecule has 0 aromatic heterocycles. The van der Waals surface area contributed by atoms with Crippen molar-refractivity contribution in [3.05, 3.63) is 28.8 Å². The number of carboxylic acids is 1. The highest BCUT2D eigenvalue weighted by atomic mass is 35.5. The van der Waals surface area contributed by atoms with E-state index in [2.05, 4.69) is 24.5 Å². The van der Waals surface area contributed by atoms with Gasteiger partial charge in [-0.25, -0.2) is 9.59 Å². The number of anilines is 1. The molecule has 0 saturated heterocycles. The Morgan fingerprint density at radius 1 is 1.33 bits per heavy atom. The Labute approximate surface area is 129 Å². The number of halogens is 1. The van der Waals surface area contributed by atoms with Crippen molar-refractivity contribution in [3.63, 3.8) is 0 Å². The minimum absolute atomic E-state index is 0.0397. The van der Waals surface area contributed by atoms with Gasteiger partial charge in [-0.3, -0.25) is 0 Å². The van der Waals surface area contributed by atoms with E-state index < -0.39 is 5.97 Å². The van der Waals surface area contributed by atoms with E-state index in [1.807, 2.05) is 6.92 Å². The minimum Gasteiger partial charge on any atom is -0.478 e. The van der Waals surface area contributed by atoms with Crippen LogP contribution >= 0.6 is 11.6 Å². The van der Waals surface area contributed by atoms with Gasteiger partial charge < -0.3 is 15.7 Å². The molecule has 0 bridgehead atoms. The highest BCUT2D eigenvalue weighted by molar-refractivity contribution is 6.33. The van der Waals surface area contributed by atoms with E-state index in [9.17, 15) is 9.59 Å². The van der Waals surface area contributed by atoms with E-state index in [-0.39, 0.29) is 22.7 Å². The number of carbonyl (C=O) groups excluding carboxylic acids is 1. The van der Waals surface area contributed by atoms with Crippen LogP contribution in [0.4, 0.5) is 10.5 Å². The molecule has 0 aliphatic rings. The molecule has 2 atom stereocenters. The zero-order chi connectivity index (χ0) is 16.0. The van der Waals surface area contributed by atoms with Crippen molar-refractivity contribution >= 4 is 29.3 Å². The predicted molar refractivity (Wildman–Crippen MR) is 84.1 cm³/mol. The summed E-state index contributed by atoms with van der Waals surface area (Å²) in [5.74, 6) is -0.594. The van der Waals surface area contributed by atoms with Crippen LogP contribution in [0.25, 0.3) is 0 Å². The summed E-state index contributed by atoms with van der Waals surface area (Å²) >= 11 is 5.78. The summed E-state index contributed by atoms with van der Waals surface area (Å²) in [4.78, 5) is 22.8. The van der Waals surface area contributed by atoms with Gasteiger partial charge in [-0.2, -0.15) is 0 Å². The van der Waals surface area contributed by atoms with Gasteiger partial charge in [-0.1, -0.05) is 31.9 Å². The maximum Gasteiger partial charge on any atom is 0.337 e. The third-order valence-electron chi connectivity index (χ3n) is 3.28. The number of hydrogen-bond acceptors (Lipinski definition) is 2. The van der Waals surface area contributed by atoms with Crippen LogP contribution in [-0.2, 0) is 0 Å². The van der Waals surface area contributed by atoms with Crippen LogP contribution in [0.3, 0.4) is 0 Å². The molecule has 1 rings (SSSR count). The van der Waals surface area contributed by atoms with E-state index in [0.29, 0.717) is 11.6 Å². The highest BCUT2D eigenvalue weighted by Gasteiger charge is 2.13. The van der Waals surface area contributed by atoms with Crippen molar-refractivity contribution in [2.45, 2.75) is 39.7 Å². The summed E-state index contributed by atoms with van der Waals surface area (Å²) < 4.78 is 0. The Bertz CT molecular complexity index is 520.